The van der Waals surface area contributed by atoms with Crippen LogP contribution < -0.4 is 4.90 Å². The first-order valence-electron chi connectivity index (χ1n) is 10.9. The van der Waals surface area contributed by atoms with E-state index in [1.54, 1.807) is 6.92 Å². The molecule has 0 unspecified atom stereocenters. The summed E-state index contributed by atoms with van der Waals surface area (Å²) in [7, 11) is 0. The van der Waals surface area contributed by atoms with Crippen molar-refractivity contribution in [2.45, 2.75) is 70.9 Å². The van der Waals surface area contributed by atoms with Crippen molar-refractivity contribution in [3.05, 3.63) is 23.5 Å². The fraction of sp³-hybridized carbons (Fsp3) is 0.727. The molecule has 4 rings (SSSR count). The third-order valence-electron chi connectivity index (χ3n) is 6.73. The lowest BCUT2D eigenvalue weighted by molar-refractivity contribution is -0.129. The maximum Gasteiger partial charge on any atom is 0.220 e. The molecule has 1 saturated carbocycles. The first kappa shape index (κ1) is 18.7. The van der Waals surface area contributed by atoms with Gasteiger partial charge in [0.1, 0.15) is 0 Å². The zero-order valence-corrected chi connectivity index (χ0v) is 17.0. The van der Waals surface area contributed by atoms with Crippen LogP contribution in [0.3, 0.4) is 0 Å². The summed E-state index contributed by atoms with van der Waals surface area (Å²) in [6.45, 7) is 9.17. The Bertz CT molecular complexity index is 662. The van der Waals surface area contributed by atoms with Crippen molar-refractivity contribution in [1.29, 1.82) is 0 Å². The van der Waals surface area contributed by atoms with Crippen LogP contribution in [0, 0.1) is 6.92 Å². The quantitative estimate of drug-likeness (QED) is 0.816. The van der Waals surface area contributed by atoms with Crippen LogP contribution >= 0.6 is 0 Å². The normalized spacial score (nSPS) is 25.2. The van der Waals surface area contributed by atoms with Gasteiger partial charge in [-0.3, -0.25) is 14.7 Å². The Hall–Kier alpha value is -1.62. The Balaban J connectivity index is 1.45. The number of rotatable bonds is 3. The number of aromatic nitrogens is 1. The lowest BCUT2D eigenvalue weighted by Crippen LogP contribution is -2.50. The fourth-order valence-corrected chi connectivity index (χ4v) is 5.27. The summed E-state index contributed by atoms with van der Waals surface area (Å²) >= 11 is 0. The van der Waals surface area contributed by atoms with E-state index in [2.05, 4.69) is 28.9 Å². The van der Waals surface area contributed by atoms with Crippen LogP contribution in [0.15, 0.2) is 12.1 Å². The minimum Gasteiger partial charge on any atom is -0.369 e. The number of carbonyl (C=O) groups excluding carboxylic acids is 1. The van der Waals surface area contributed by atoms with Gasteiger partial charge >= 0.3 is 0 Å². The van der Waals surface area contributed by atoms with E-state index in [1.165, 1.54) is 50.9 Å². The van der Waals surface area contributed by atoms with Gasteiger partial charge < -0.3 is 9.80 Å². The van der Waals surface area contributed by atoms with E-state index in [4.69, 9.17) is 4.98 Å². The molecule has 0 spiro atoms. The molecular formula is C22H34N4O. The van der Waals surface area contributed by atoms with E-state index in [1.807, 2.05) is 4.90 Å². The largest absolute Gasteiger partial charge is 0.369 e. The molecule has 1 aliphatic carbocycles. The Morgan fingerprint density at radius 3 is 2.41 bits per heavy atom. The van der Waals surface area contributed by atoms with E-state index in [9.17, 15) is 4.79 Å². The Kier molecular flexibility index (Phi) is 5.67. The molecular weight excluding hydrogens is 336 g/mol. The molecule has 148 valence electrons. The van der Waals surface area contributed by atoms with Crippen LogP contribution in [-0.2, 0) is 4.79 Å². The summed E-state index contributed by atoms with van der Waals surface area (Å²) in [6.07, 6.45) is 9.13. The van der Waals surface area contributed by atoms with Gasteiger partial charge in [-0.25, -0.2) is 0 Å². The summed E-state index contributed by atoms with van der Waals surface area (Å²) in [5.41, 5.74) is 3.43. The number of pyridine rings is 1. The van der Waals surface area contributed by atoms with Crippen LogP contribution in [-0.4, -0.2) is 59.5 Å². The van der Waals surface area contributed by atoms with E-state index in [0.29, 0.717) is 0 Å². The molecule has 0 bridgehead atoms. The van der Waals surface area contributed by atoms with Gasteiger partial charge in [0.05, 0.1) is 11.7 Å². The molecule has 1 aromatic rings. The highest BCUT2D eigenvalue weighted by atomic mass is 16.2. The number of carbonyl (C=O) groups is 1. The van der Waals surface area contributed by atoms with Gasteiger partial charge in [-0.1, -0.05) is 19.3 Å². The maximum atomic E-state index is 12.0. The van der Waals surface area contributed by atoms with Gasteiger partial charge in [0.25, 0.3) is 0 Å². The summed E-state index contributed by atoms with van der Waals surface area (Å²) in [5, 5.41) is 0. The number of likely N-dealkylation sites (tertiary alicyclic amines) is 1. The first-order valence-corrected chi connectivity index (χ1v) is 10.9. The molecule has 1 amide bonds. The van der Waals surface area contributed by atoms with E-state index >= 15 is 0 Å². The third kappa shape index (κ3) is 4.13. The van der Waals surface area contributed by atoms with Crippen molar-refractivity contribution in [3.8, 4) is 0 Å². The number of anilines is 1. The van der Waals surface area contributed by atoms with Gasteiger partial charge in [0.2, 0.25) is 5.91 Å². The number of amides is 1. The zero-order valence-electron chi connectivity index (χ0n) is 17.0. The van der Waals surface area contributed by atoms with Gasteiger partial charge in [-0.05, 0) is 44.7 Å². The Morgan fingerprint density at radius 2 is 1.70 bits per heavy atom. The van der Waals surface area contributed by atoms with Crippen LogP contribution in [0.5, 0.6) is 0 Å². The predicted octanol–water partition coefficient (Wildman–Crippen LogP) is 3.53. The highest BCUT2D eigenvalue weighted by molar-refractivity contribution is 5.74. The predicted molar refractivity (Wildman–Crippen MR) is 109 cm³/mol. The molecule has 5 heteroatoms. The highest BCUT2D eigenvalue weighted by Gasteiger charge is 2.30. The first-order chi connectivity index (χ1) is 13.1. The minimum absolute atomic E-state index is 0.157. The second kappa shape index (κ2) is 8.17. The van der Waals surface area contributed by atoms with Crippen LogP contribution in [0.1, 0.15) is 69.3 Å². The molecule has 1 atom stereocenters. The van der Waals surface area contributed by atoms with E-state index < -0.39 is 0 Å². The number of nitrogens with zero attached hydrogens (tertiary/aromatic N) is 4. The molecule has 3 fully saturated rings. The van der Waals surface area contributed by atoms with Gasteiger partial charge in [0, 0.05) is 57.1 Å². The Morgan fingerprint density at radius 1 is 0.963 bits per heavy atom. The van der Waals surface area contributed by atoms with Crippen molar-refractivity contribution >= 4 is 11.6 Å². The van der Waals surface area contributed by atoms with Crippen molar-refractivity contribution in [1.82, 2.24) is 14.8 Å². The molecule has 2 aliphatic heterocycles. The minimum atomic E-state index is 0.157. The van der Waals surface area contributed by atoms with Gasteiger partial charge in [0.15, 0.2) is 0 Å². The van der Waals surface area contributed by atoms with Crippen molar-refractivity contribution in [3.63, 3.8) is 0 Å². The zero-order chi connectivity index (χ0) is 18.8. The summed E-state index contributed by atoms with van der Waals surface area (Å²) < 4.78 is 0. The Labute approximate surface area is 163 Å². The monoisotopic (exact) mass is 370 g/mol. The van der Waals surface area contributed by atoms with E-state index in [-0.39, 0.29) is 11.9 Å². The molecule has 2 saturated heterocycles. The SMILES string of the molecule is CC(=O)N1CCC[C@H]1c1cc(N2CCN(C3CCCCC3)CC2)cc(C)n1. The molecule has 1 aromatic heterocycles. The molecule has 0 aromatic carbocycles. The average Bonchev–Trinajstić information content (AvgIpc) is 3.19. The van der Waals surface area contributed by atoms with Crippen molar-refractivity contribution < 1.29 is 4.79 Å². The number of hydrogen-bond acceptors (Lipinski definition) is 4. The van der Waals surface area contributed by atoms with Crippen molar-refractivity contribution in [2.75, 3.05) is 37.6 Å². The third-order valence-corrected chi connectivity index (χ3v) is 6.73. The molecule has 3 aliphatic rings. The number of piperazine rings is 1. The standard InChI is InChI=1S/C22H34N4O/c1-17-15-20(16-21(23-17)22-9-6-10-26(22)18(2)27)25-13-11-24(12-14-25)19-7-4-3-5-8-19/h15-16,19,22H,3-14H2,1-2H3/t22-/m0/s1. The van der Waals surface area contributed by atoms with Crippen LogP contribution in [0.4, 0.5) is 5.69 Å². The molecule has 5 nitrogen and oxygen atoms in total. The second-order valence-corrected chi connectivity index (χ2v) is 8.58. The highest BCUT2D eigenvalue weighted by Crippen LogP contribution is 2.33. The van der Waals surface area contributed by atoms with Crippen LogP contribution in [0.25, 0.3) is 0 Å². The lowest BCUT2D eigenvalue weighted by Gasteiger charge is -2.41. The molecule has 0 N–H and O–H groups in total. The van der Waals surface area contributed by atoms with Crippen molar-refractivity contribution in [2.24, 2.45) is 0 Å². The van der Waals surface area contributed by atoms with E-state index in [0.717, 1.165) is 49.9 Å². The molecule has 3 heterocycles. The summed E-state index contributed by atoms with van der Waals surface area (Å²) in [6, 6.07) is 5.44. The fourth-order valence-electron chi connectivity index (χ4n) is 5.27. The molecule has 27 heavy (non-hydrogen) atoms. The number of hydrogen-bond donors (Lipinski definition) is 0. The smallest absolute Gasteiger partial charge is 0.220 e. The number of aryl methyl sites for hydroxylation is 1. The summed E-state index contributed by atoms with van der Waals surface area (Å²) in [4.78, 5) is 24.0. The second-order valence-electron chi connectivity index (χ2n) is 8.58. The average molecular weight is 371 g/mol. The molecule has 0 radical (unpaired) electrons. The lowest BCUT2D eigenvalue weighted by atomic mass is 9.94. The summed E-state index contributed by atoms with van der Waals surface area (Å²) in [5.74, 6) is 0.170. The van der Waals surface area contributed by atoms with Gasteiger partial charge in [-0.15, -0.1) is 0 Å². The maximum absolute atomic E-state index is 12.0. The topological polar surface area (TPSA) is 39.7 Å². The van der Waals surface area contributed by atoms with Crippen LogP contribution in [0.2, 0.25) is 0 Å². The van der Waals surface area contributed by atoms with Gasteiger partial charge in [-0.2, -0.15) is 0 Å².